The molecule has 4 aromatic rings. The first kappa shape index (κ1) is 28.9. The fourth-order valence-corrected chi connectivity index (χ4v) is 4.39. The van der Waals surface area contributed by atoms with Gasteiger partial charge in [-0.05, 0) is 53.1 Å². The zero-order valence-corrected chi connectivity index (χ0v) is 22.3. The van der Waals surface area contributed by atoms with E-state index in [1.165, 1.54) is 11.0 Å². The molecule has 210 valence electrons. The Hall–Kier alpha value is -5.05. The number of carboxylic acids is 1. The van der Waals surface area contributed by atoms with Gasteiger partial charge < -0.3 is 20.1 Å². The lowest BCUT2D eigenvalue weighted by Crippen LogP contribution is -2.33. The van der Waals surface area contributed by atoms with E-state index in [2.05, 4.69) is 5.32 Å². The summed E-state index contributed by atoms with van der Waals surface area (Å²) in [5, 5.41) is 11.9. The summed E-state index contributed by atoms with van der Waals surface area (Å²) >= 11 is 0. The number of carbonyl (C=O) groups excluding carboxylic acids is 2. The number of rotatable bonds is 11. The quantitative estimate of drug-likeness (QED) is 0.247. The van der Waals surface area contributed by atoms with E-state index in [0.717, 1.165) is 17.7 Å². The second-order valence-corrected chi connectivity index (χ2v) is 9.19. The van der Waals surface area contributed by atoms with Crippen molar-refractivity contribution in [1.82, 2.24) is 10.2 Å². The molecule has 0 aliphatic carbocycles. The van der Waals surface area contributed by atoms with Gasteiger partial charge in [-0.1, -0.05) is 54.6 Å². The summed E-state index contributed by atoms with van der Waals surface area (Å²) in [6.45, 7) is -0.247. The molecule has 0 aromatic heterocycles. The third-order valence-corrected chi connectivity index (χ3v) is 6.52. The van der Waals surface area contributed by atoms with E-state index in [4.69, 9.17) is 4.74 Å². The molecule has 4 rings (SSSR count). The zero-order chi connectivity index (χ0) is 29.4. The highest BCUT2D eigenvalue weighted by Gasteiger charge is 2.23. The number of ether oxygens (including phenoxy) is 1. The predicted octanol–water partition coefficient (Wildman–Crippen LogP) is 5.69. The normalized spacial score (nSPS) is 10.6. The first-order valence-corrected chi connectivity index (χ1v) is 12.8. The van der Waals surface area contributed by atoms with Crippen molar-refractivity contribution in [2.45, 2.75) is 19.5 Å². The first-order chi connectivity index (χ1) is 19.8. The number of aliphatic carboxylic acids is 1. The molecule has 0 unspecified atom stereocenters. The van der Waals surface area contributed by atoms with Crippen LogP contribution in [0.2, 0.25) is 0 Å². The van der Waals surface area contributed by atoms with Crippen LogP contribution in [0.3, 0.4) is 0 Å². The highest BCUT2D eigenvalue weighted by Crippen LogP contribution is 2.29. The minimum atomic E-state index is -1.04. The molecule has 41 heavy (non-hydrogen) atoms. The van der Waals surface area contributed by atoms with E-state index >= 15 is 0 Å². The van der Waals surface area contributed by atoms with Crippen molar-refractivity contribution in [2.75, 3.05) is 13.7 Å². The summed E-state index contributed by atoms with van der Waals surface area (Å²) < 4.78 is 33.4. The lowest BCUT2D eigenvalue weighted by atomic mass is 9.94. The molecular formula is C32H28F2N2O5. The van der Waals surface area contributed by atoms with Crippen LogP contribution in [0.1, 0.15) is 38.3 Å². The van der Waals surface area contributed by atoms with Gasteiger partial charge in [0.25, 0.3) is 11.8 Å². The number of halogens is 2. The lowest BCUT2D eigenvalue weighted by molar-refractivity contribution is -0.137. The van der Waals surface area contributed by atoms with Crippen LogP contribution in [0.15, 0.2) is 91.0 Å². The van der Waals surface area contributed by atoms with E-state index in [0.29, 0.717) is 16.9 Å². The molecule has 0 saturated carbocycles. The number of carboxylic acid groups (broad SMARTS) is 1. The smallest absolute Gasteiger partial charge is 0.305 e. The maximum atomic E-state index is 14.1. The van der Waals surface area contributed by atoms with Crippen LogP contribution in [0, 0.1) is 11.6 Å². The fraction of sp³-hybridized carbons (Fsp3) is 0.156. The van der Waals surface area contributed by atoms with Crippen molar-refractivity contribution >= 4 is 17.8 Å². The van der Waals surface area contributed by atoms with E-state index in [-0.39, 0.29) is 42.7 Å². The second-order valence-electron chi connectivity index (χ2n) is 9.19. The monoisotopic (exact) mass is 558 g/mol. The zero-order valence-electron chi connectivity index (χ0n) is 22.3. The van der Waals surface area contributed by atoms with E-state index < -0.39 is 29.4 Å². The fourth-order valence-electron chi connectivity index (χ4n) is 4.39. The average molecular weight is 559 g/mol. The summed E-state index contributed by atoms with van der Waals surface area (Å²) in [6.07, 6.45) is -0.254. The maximum Gasteiger partial charge on any atom is 0.305 e. The largest absolute Gasteiger partial charge is 0.497 e. The molecular weight excluding hydrogens is 530 g/mol. The van der Waals surface area contributed by atoms with E-state index in [9.17, 15) is 28.3 Å². The highest BCUT2D eigenvalue weighted by molar-refractivity contribution is 6.06. The standard InChI is InChI=1S/C32H28F2N2O5/c1-41-22-15-13-21(14-16-22)20-36(18-17-30(37)38)32(40)26-10-5-3-8-24(26)23-7-2-4-9-25(23)31(39)35-19-27-28(33)11-6-12-29(27)34/h2-16H,17-20H2,1H3,(H,35,39)(H,37,38). The molecule has 7 nitrogen and oxygen atoms in total. The number of benzene rings is 4. The Morgan fingerprint density at radius 1 is 0.805 bits per heavy atom. The number of carbonyl (C=O) groups is 3. The summed E-state index contributed by atoms with van der Waals surface area (Å²) in [4.78, 5) is 39.9. The van der Waals surface area contributed by atoms with Crippen molar-refractivity contribution in [3.8, 4) is 16.9 Å². The molecule has 9 heteroatoms. The third-order valence-electron chi connectivity index (χ3n) is 6.52. The van der Waals surface area contributed by atoms with Gasteiger partial charge in [-0.3, -0.25) is 14.4 Å². The van der Waals surface area contributed by atoms with Crippen molar-refractivity contribution < 1.29 is 33.0 Å². The highest BCUT2D eigenvalue weighted by atomic mass is 19.1. The molecule has 2 amide bonds. The molecule has 4 aromatic carbocycles. The minimum absolute atomic E-state index is 0.0368. The summed E-state index contributed by atoms with van der Waals surface area (Å²) in [7, 11) is 1.55. The molecule has 0 heterocycles. The van der Waals surface area contributed by atoms with Gasteiger partial charge in [-0.25, -0.2) is 8.78 Å². The van der Waals surface area contributed by atoms with Crippen LogP contribution in [0.25, 0.3) is 11.1 Å². The Balaban J connectivity index is 1.65. The van der Waals surface area contributed by atoms with Gasteiger partial charge in [0, 0.05) is 36.3 Å². The molecule has 0 atom stereocenters. The van der Waals surface area contributed by atoms with Crippen LogP contribution >= 0.6 is 0 Å². The van der Waals surface area contributed by atoms with Crippen LogP contribution < -0.4 is 10.1 Å². The predicted molar refractivity (Wildman–Crippen MR) is 149 cm³/mol. The Morgan fingerprint density at radius 3 is 2.00 bits per heavy atom. The molecule has 0 aliphatic rings. The van der Waals surface area contributed by atoms with Crippen LogP contribution in [0.4, 0.5) is 8.78 Å². The van der Waals surface area contributed by atoms with E-state index in [1.807, 2.05) is 0 Å². The SMILES string of the molecule is COc1ccc(CN(CCC(=O)O)C(=O)c2ccccc2-c2ccccc2C(=O)NCc2c(F)cccc2F)cc1. The number of hydrogen-bond donors (Lipinski definition) is 2. The molecule has 0 aliphatic heterocycles. The van der Waals surface area contributed by atoms with Gasteiger partial charge in [0.05, 0.1) is 13.5 Å². The summed E-state index contributed by atoms with van der Waals surface area (Å²) in [6, 6.07) is 23.9. The van der Waals surface area contributed by atoms with Gasteiger partial charge in [0.2, 0.25) is 0 Å². The van der Waals surface area contributed by atoms with Crippen LogP contribution in [0.5, 0.6) is 5.75 Å². The Kier molecular flexibility index (Phi) is 9.42. The third kappa shape index (κ3) is 7.13. The lowest BCUT2D eigenvalue weighted by Gasteiger charge is -2.24. The number of hydrogen-bond acceptors (Lipinski definition) is 4. The first-order valence-electron chi connectivity index (χ1n) is 12.8. The van der Waals surface area contributed by atoms with Crippen LogP contribution in [-0.4, -0.2) is 41.4 Å². The number of amides is 2. The molecule has 0 fully saturated rings. The molecule has 0 radical (unpaired) electrons. The summed E-state index contributed by atoms with van der Waals surface area (Å²) in [5.41, 5.74) is 1.88. The maximum absolute atomic E-state index is 14.1. The summed E-state index contributed by atoms with van der Waals surface area (Å²) in [5.74, 6) is -2.93. The average Bonchev–Trinajstić information content (AvgIpc) is 2.98. The van der Waals surface area contributed by atoms with Gasteiger partial charge in [0.15, 0.2) is 0 Å². The second kappa shape index (κ2) is 13.3. The van der Waals surface area contributed by atoms with Crippen molar-refractivity contribution in [2.24, 2.45) is 0 Å². The molecule has 0 spiro atoms. The molecule has 0 saturated heterocycles. The number of methoxy groups -OCH3 is 1. The Labute approximate surface area is 236 Å². The van der Waals surface area contributed by atoms with Crippen molar-refractivity contribution in [3.05, 3.63) is 125 Å². The Morgan fingerprint density at radius 2 is 1.39 bits per heavy atom. The topological polar surface area (TPSA) is 95.9 Å². The van der Waals surface area contributed by atoms with Gasteiger partial charge in [0.1, 0.15) is 17.4 Å². The molecule has 0 bridgehead atoms. The number of nitrogens with zero attached hydrogens (tertiary/aromatic N) is 1. The number of nitrogens with one attached hydrogen (secondary N) is 1. The van der Waals surface area contributed by atoms with Crippen LogP contribution in [-0.2, 0) is 17.9 Å². The Bertz CT molecular complexity index is 1540. The van der Waals surface area contributed by atoms with Gasteiger partial charge in [-0.15, -0.1) is 0 Å². The molecule has 2 N–H and O–H groups in total. The van der Waals surface area contributed by atoms with E-state index in [1.54, 1.807) is 79.9 Å². The van der Waals surface area contributed by atoms with Crippen molar-refractivity contribution in [1.29, 1.82) is 0 Å². The van der Waals surface area contributed by atoms with Crippen molar-refractivity contribution in [3.63, 3.8) is 0 Å². The van der Waals surface area contributed by atoms with Gasteiger partial charge >= 0.3 is 5.97 Å². The minimum Gasteiger partial charge on any atom is -0.497 e. The van der Waals surface area contributed by atoms with Gasteiger partial charge in [-0.2, -0.15) is 0 Å².